The molecule has 1 unspecified atom stereocenters. The molecule has 1 aromatic heterocycles. The molecule has 0 bridgehead atoms. The van der Waals surface area contributed by atoms with E-state index in [4.69, 9.17) is 11.6 Å². The number of thiophene rings is 1. The van der Waals surface area contributed by atoms with Gasteiger partial charge in [0.15, 0.2) is 6.04 Å². The van der Waals surface area contributed by atoms with Crippen LogP contribution in [-0.4, -0.2) is 29.8 Å². The highest BCUT2D eigenvalue weighted by atomic mass is 35.5. The van der Waals surface area contributed by atoms with Gasteiger partial charge in [-0.15, -0.1) is 11.3 Å². The maximum atomic E-state index is 13.5. The summed E-state index contributed by atoms with van der Waals surface area (Å²) in [6.07, 6.45) is 7.85. The lowest BCUT2D eigenvalue weighted by atomic mass is 10.1. The third kappa shape index (κ3) is 5.33. The molecule has 4 rings (SSSR count). The number of anilines is 1. The van der Waals surface area contributed by atoms with Gasteiger partial charge in [0, 0.05) is 27.7 Å². The molecule has 1 aromatic carbocycles. The summed E-state index contributed by atoms with van der Waals surface area (Å²) in [5.74, 6) is -1.68. The number of carbonyl (C=O) groups excluding carboxylic acids is 3. The Labute approximate surface area is 197 Å². The molecule has 2 fully saturated rings. The van der Waals surface area contributed by atoms with Crippen LogP contribution in [0.3, 0.4) is 0 Å². The highest BCUT2D eigenvalue weighted by Gasteiger charge is 2.38. The molecule has 0 spiro atoms. The predicted molar refractivity (Wildman–Crippen MR) is 127 cm³/mol. The zero-order valence-electron chi connectivity index (χ0n) is 17.9. The molecule has 2 aromatic rings. The summed E-state index contributed by atoms with van der Waals surface area (Å²) in [5.41, 5.74) is 0.459. The molecular formula is C24H28ClN3O3S. The smallest absolute Gasteiger partial charge is 0.317 e. The zero-order valence-corrected chi connectivity index (χ0v) is 19.5. The fourth-order valence-electron chi connectivity index (χ4n) is 4.58. The third-order valence-electron chi connectivity index (χ3n) is 6.23. The maximum Gasteiger partial charge on any atom is 0.317 e. The van der Waals surface area contributed by atoms with Crippen molar-refractivity contribution in [1.82, 2.24) is 10.6 Å². The summed E-state index contributed by atoms with van der Waals surface area (Å²) in [5, 5.41) is 8.36. The van der Waals surface area contributed by atoms with Gasteiger partial charge in [-0.05, 0) is 61.4 Å². The Morgan fingerprint density at radius 3 is 2.06 bits per heavy atom. The fourth-order valence-corrected chi connectivity index (χ4v) is 5.52. The number of nitrogens with one attached hydrogen (secondary N) is 2. The molecule has 2 aliphatic rings. The van der Waals surface area contributed by atoms with Crippen LogP contribution in [0.4, 0.5) is 5.69 Å². The molecule has 1 heterocycles. The lowest BCUT2D eigenvalue weighted by Crippen LogP contribution is -2.51. The fraction of sp³-hybridized carbons (Fsp3) is 0.458. The van der Waals surface area contributed by atoms with Crippen molar-refractivity contribution in [2.24, 2.45) is 0 Å². The molecule has 1 atom stereocenters. The first-order valence-electron chi connectivity index (χ1n) is 11.3. The Morgan fingerprint density at radius 1 is 0.906 bits per heavy atom. The van der Waals surface area contributed by atoms with Crippen molar-refractivity contribution in [3.63, 3.8) is 0 Å². The molecule has 170 valence electrons. The van der Waals surface area contributed by atoms with Crippen molar-refractivity contribution in [1.29, 1.82) is 0 Å². The zero-order chi connectivity index (χ0) is 22.5. The number of halogens is 1. The van der Waals surface area contributed by atoms with Crippen molar-refractivity contribution in [2.75, 3.05) is 4.90 Å². The Morgan fingerprint density at radius 2 is 1.50 bits per heavy atom. The van der Waals surface area contributed by atoms with E-state index in [0.717, 1.165) is 51.4 Å². The summed E-state index contributed by atoms with van der Waals surface area (Å²) in [4.78, 5) is 42.0. The van der Waals surface area contributed by atoms with E-state index in [1.54, 1.807) is 24.3 Å². The third-order valence-corrected chi connectivity index (χ3v) is 7.41. The Kier molecular flexibility index (Phi) is 7.48. The molecule has 2 N–H and O–H groups in total. The van der Waals surface area contributed by atoms with Crippen molar-refractivity contribution < 1.29 is 14.4 Å². The van der Waals surface area contributed by atoms with Crippen molar-refractivity contribution >= 4 is 46.3 Å². The first kappa shape index (κ1) is 22.8. The number of carbonyl (C=O) groups is 3. The molecule has 2 saturated carbocycles. The molecular weight excluding hydrogens is 446 g/mol. The SMILES string of the molecule is O=C(NC1CCCC1)C(=O)N(c1ccc(Cl)cc1)C(C(=O)NC1CCCC1)c1cccs1. The van der Waals surface area contributed by atoms with Gasteiger partial charge in [-0.3, -0.25) is 19.3 Å². The number of rotatable bonds is 6. The van der Waals surface area contributed by atoms with Crippen molar-refractivity contribution in [3.05, 3.63) is 51.7 Å². The topological polar surface area (TPSA) is 78.5 Å². The second-order valence-corrected chi connectivity index (χ2v) is 9.93. The molecule has 0 radical (unpaired) electrons. The first-order chi connectivity index (χ1) is 15.5. The van der Waals surface area contributed by atoms with Gasteiger partial charge < -0.3 is 10.6 Å². The molecule has 8 heteroatoms. The van der Waals surface area contributed by atoms with E-state index in [1.807, 2.05) is 17.5 Å². The van der Waals surface area contributed by atoms with E-state index < -0.39 is 17.9 Å². The van der Waals surface area contributed by atoms with E-state index >= 15 is 0 Å². The van der Waals surface area contributed by atoms with Gasteiger partial charge in [0.1, 0.15) is 0 Å². The van der Waals surface area contributed by atoms with Crippen LogP contribution in [0, 0.1) is 0 Å². The van der Waals surface area contributed by atoms with Gasteiger partial charge in [0.2, 0.25) is 5.91 Å². The molecule has 0 saturated heterocycles. The van der Waals surface area contributed by atoms with Crippen LogP contribution in [0.2, 0.25) is 5.02 Å². The average Bonchev–Trinajstić information content (AvgIpc) is 3.56. The van der Waals surface area contributed by atoms with Gasteiger partial charge in [0.05, 0.1) is 0 Å². The number of benzene rings is 1. The van der Waals surface area contributed by atoms with Gasteiger partial charge in [-0.1, -0.05) is 43.4 Å². The lowest BCUT2D eigenvalue weighted by Gasteiger charge is -2.31. The van der Waals surface area contributed by atoms with Gasteiger partial charge in [-0.2, -0.15) is 0 Å². The van der Waals surface area contributed by atoms with E-state index in [0.29, 0.717) is 15.6 Å². The second-order valence-electron chi connectivity index (χ2n) is 8.51. The van der Waals surface area contributed by atoms with E-state index in [9.17, 15) is 14.4 Å². The second kappa shape index (κ2) is 10.5. The van der Waals surface area contributed by atoms with Crippen LogP contribution in [0.25, 0.3) is 0 Å². The first-order valence-corrected chi connectivity index (χ1v) is 12.5. The van der Waals surface area contributed by atoms with Crippen molar-refractivity contribution in [3.8, 4) is 0 Å². The molecule has 3 amide bonds. The van der Waals surface area contributed by atoms with Gasteiger partial charge >= 0.3 is 11.8 Å². The predicted octanol–water partition coefficient (Wildman–Crippen LogP) is 4.59. The minimum absolute atomic E-state index is 0.00557. The lowest BCUT2D eigenvalue weighted by molar-refractivity contribution is -0.139. The molecule has 32 heavy (non-hydrogen) atoms. The summed E-state index contributed by atoms with van der Waals surface area (Å²) >= 11 is 7.46. The van der Waals surface area contributed by atoms with Gasteiger partial charge in [0.25, 0.3) is 0 Å². The molecule has 0 aliphatic heterocycles. The van der Waals surface area contributed by atoms with E-state index in [2.05, 4.69) is 10.6 Å². The Balaban J connectivity index is 1.67. The molecule has 2 aliphatic carbocycles. The number of hydrogen-bond acceptors (Lipinski definition) is 4. The quantitative estimate of drug-likeness (QED) is 0.602. The average molecular weight is 474 g/mol. The molecule has 6 nitrogen and oxygen atoms in total. The monoisotopic (exact) mass is 473 g/mol. The van der Waals surface area contributed by atoms with Crippen LogP contribution >= 0.6 is 22.9 Å². The van der Waals surface area contributed by atoms with Crippen LogP contribution in [-0.2, 0) is 14.4 Å². The van der Waals surface area contributed by atoms with Crippen LogP contribution in [0.1, 0.15) is 62.3 Å². The largest absolute Gasteiger partial charge is 0.351 e. The number of amides is 3. The normalized spacial score (nSPS) is 17.8. The highest BCUT2D eigenvalue weighted by molar-refractivity contribution is 7.10. The van der Waals surface area contributed by atoms with E-state index in [-0.39, 0.29) is 18.0 Å². The minimum atomic E-state index is -0.932. The Hall–Kier alpha value is -2.38. The maximum absolute atomic E-state index is 13.5. The summed E-state index contributed by atoms with van der Waals surface area (Å²) in [7, 11) is 0. The highest BCUT2D eigenvalue weighted by Crippen LogP contribution is 2.32. The number of nitrogens with zero attached hydrogens (tertiary/aromatic N) is 1. The number of hydrogen-bond donors (Lipinski definition) is 2. The van der Waals surface area contributed by atoms with Gasteiger partial charge in [-0.25, -0.2) is 0 Å². The summed E-state index contributed by atoms with van der Waals surface area (Å²) in [6, 6.07) is 9.51. The van der Waals surface area contributed by atoms with Crippen LogP contribution in [0.5, 0.6) is 0 Å². The standard InChI is InChI=1S/C24H28ClN3O3S/c25-16-11-13-19(14-12-16)28(24(31)23(30)27-18-8-3-4-9-18)21(20-10-5-15-32-20)22(29)26-17-6-1-2-7-17/h5,10-15,17-18,21H,1-4,6-9H2,(H,26,29)(H,27,30). The van der Waals surface area contributed by atoms with Crippen LogP contribution in [0.15, 0.2) is 41.8 Å². The summed E-state index contributed by atoms with van der Waals surface area (Å²) < 4.78 is 0. The van der Waals surface area contributed by atoms with Crippen molar-refractivity contribution in [2.45, 2.75) is 69.5 Å². The Bertz CT molecular complexity index is 936. The van der Waals surface area contributed by atoms with E-state index in [1.165, 1.54) is 16.2 Å². The minimum Gasteiger partial charge on any atom is -0.351 e. The van der Waals surface area contributed by atoms with Crippen LogP contribution < -0.4 is 15.5 Å². The summed E-state index contributed by atoms with van der Waals surface area (Å²) in [6.45, 7) is 0.